The van der Waals surface area contributed by atoms with Crippen LogP contribution < -0.4 is 4.74 Å². The molecule has 1 N–H and O–H groups in total. The Labute approximate surface area is 124 Å². The molecule has 6 heteroatoms. The molecule has 4 nitrogen and oxygen atoms in total. The van der Waals surface area contributed by atoms with Crippen molar-refractivity contribution in [2.24, 2.45) is 0 Å². The first-order valence-corrected chi connectivity index (χ1v) is 6.23. The number of esters is 1. The molecule has 0 fully saturated rings. The van der Waals surface area contributed by atoms with Gasteiger partial charge in [-0.15, -0.1) is 0 Å². The van der Waals surface area contributed by atoms with Crippen LogP contribution >= 0.6 is 23.2 Å². The van der Waals surface area contributed by atoms with Gasteiger partial charge in [0, 0.05) is 10.0 Å². The molecule has 2 aromatic rings. The van der Waals surface area contributed by atoms with Crippen LogP contribution in [0.25, 0.3) is 0 Å². The lowest BCUT2D eigenvalue weighted by atomic mass is 10.2. The second kappa shape index (κ2) is 5.94. The summed E-state index contributed by atoms with van der Waals surface area (Å²) in [5.41, 5.74) is 0.0386. The van der Waals surface area contributed by atoms with Gasteiger partial charge in [-0.1, -0.05) is 29.3 Å². The van der Waals surface area contributed by atoms with Gasteiger partial charge in [0.25, 0.3) is 0 Å². The lowest BCUT2D eigenvalue weighted by molar-refractivity contribution is 0.0681. The molecule has 0 aliphatic heterocycles. The predicted molar refractivity (Wildman–Crippen MR) is 74.8 cm³/mol. The highest BCUT2D eigenvalue weighted by molar-refractivity contribution is 6.31. The van der Waals surface area contributed by atoms with Gasteiger partial charge >= 0.3 is 11.9 Å². The maximum Gasteiger partial charge on any atom is 0.343 e. The number of halogens is 2. The van der Waals surface area contributed by atoms with E-state index in [0.29, 0.717) is 5.02 Å². The van der Waals surface area contributed by atoms with Crippen LogP contribution in [-0.2, 0) is 0 Å². The average Bonchev–Trinajstić information content (AvgIpc) is 2.40. The minimum absolute atomic E-state index is 0.0770. The van der Waals surface area contributed by atoms with E-state index >= 15 is 0 Å². The van der Waals surface area contributed by atoms with Crippen molar-refractivity contribution in [3.8, 4) is 5.75 Å². The van der Waals surface area contributed by atoms with Gasteiger partial charge < -0.3 is 9.84 Å². The van der Waals surface area contributed by atoms with E-state index in [1.54, 1.807) is 12.1 Å². The van der Waals surface area contributed by atoms with Crippen molar-refractivity contribution < 1.29 is 19.4 Å². The third-order valence-corrected chi connectivity index (χ3v) is 2.91. The monoisotopic (exact) mass is 310 g/mol. The van der Waals surface area contributed by atoms with Gasteiger partial charge in [0.1, 0.15) is 11.3 Å². The Hall–Kier alpha value is -2.04. The molecule has 0 heterocycles. The number of carbonyl (C=O) groups is 2. The molecule has 0 atom stereocenters. The summed E-state index contributed by atoms with van der Waals surface area (Å²) in [5.74, 6) is -2.01. The summed E-state index contributed by atoms with van der Waals surface area (Å²) in [5, 5.41) is 9.67. The fourth-order valence-electron chi connectivity index (χ4n) is 1.53. The van der Waals surface area contributed by atoms with E-state index in [2.05, 4.69) is 0 Å². The van der Waals surface area contributed by atoms with Crippen LogP contribution in [0, 0.1) is 0 Å². The van der Waals surface area contributed by atoms with Crippen molar-refractivity contribution >= 4 is 35.1 Å². The summed E-state index contributed by atoms with van der Waals surface area (Å²) < 4.78 is 5.07. The second-order valence-electron chi connectivity index (χ2n) is 3.85. The molecule has 0 unspecified atom stereocenters. The molecule has 0 saturated carbocycles. The van der Waals surface area contributed by atoms with Crippen molar-refractivity contribution in [3.63, 3.8) is 0 Å². The predicted octanol–water partition coefficient (Wildman–Crippen LogP) is 3.91. The molecular weight excluding hydrogens is 303 g/mol. The Bertz CT molecular complexity index is 683. The van der Waals surface area contributed by atoms with Crippen LogP contribution in [0.2, 0.25) is 10.0 Å². The molecular formula is C14H8Cl2O4. The Kier molecular flexibility index (Phi) is 4.27. The highest BCUT2D eigenvalue weighted by Crippen LogP contribution is 2.24. The van der Waals surface area contributed by atoms with E-state index < -0.39 is 11.9 Å². The second-order valence-corrected chi connectivity index (χ2v) is 4.72. The zero-order valence-electron chi connectivity index (χ0n) is 9.97. The van der Waals surface area contributed by atoms with Crippen molar-refractivity contribution in [1.29, 1.82) is 0 Å². The first-order chi connectivity index (χ1) is 9.47. The highest BCUT2D eigenvalue weighted by atomic mass is 35.5. The molecule has 102 valence electrons. The Balaban J connectivity index is 2.30. The summed E-state index contributed by atoms with van der Waals surface area (Å²) in [4.78, 5) is 23.0. The summed E-state index contributed by atoms with van der Waals surface area (Å²) in [6.45, 7) is 0. The minimum Gasteiger partial charge on any atom is -0.478 e. The lowest BCUT2D eigenvalue weighted by Crippen LogP contribution is -2.11. The molecule has 20 heavy (non-hydrogen) atoms. The van der Waals surface area contributed by atoms with E-state index in [-0.39, 0.29) is 21.9 Å². The normalized spacial score (nSPS) is 10.1. The number of hydrogen-bond acceptors (Lipinski definition) is 3. The van der Waals surface area contributed by atoms with Gasteiger partial charge in [-0.05, 0) is 36.4 Å². The zero-order valence-corrected chi connectivity index (χ0v) is 11.5. The first kappa shape index (κ1) is 14.4. The van der Waals surface area contributed by atoms with Crippen LogP contribution in [0.1, 0.15) is 20.7 Å². The average molecular weight is 311 g/mol. The van der Waals surface area contributed by atoms with E-state index in [0.717, 1.165) is 0 Å². The topological polar surface area (TPSA) is 63.6 Å². The van der Waals surface area contributed by atoms with E-state index in [1.807, 2.05) is 0 Å². The van der Waals surface area contributed by atoms with E-state index in [1.165, 1.54) is 30.3 Å². The number of carboxylic acids is 1. The van der Waals surface area contributed by atoms with Gasteiger partial charge in [0.15, 0.2) is 0 Å². The van der Waals surface area contributed by atoms with E-state index in [4.69, 9.17) is 33.0 Å². The fourth-order valence-corrected chi connectivity index (χ4v) is 1.89. The van der Waals surface area contributed by atoms with Gasteiger partial charge in [0.05, 0.1) is 5.56 Å². The molecule has 0 aliphatic rings. The van der Waals surface area contributed by atoms with Crippen molar-refractivity contribution in [2.45, 2.75) is 0 Å². The maximum atomic E-state index is 11.9. The summed E-state index contributed by atoms with van der Waals surface area (Å²) >= 11 is 11.5. The minimum atomic E-state index is -1.23. The SMILES string of the molecule is O=C(Oc1ccc(Cl)cc1C(=O)O)c1cccc(Cl)c1. The highest BCUT2D eigenvalue weighted by Gasteiger charge is 2.16. The van der Waals surface area contributed by atoms with Crippen molar-refractivity contribution in [1.82, 2.24) is 0 Å². The first-order valence-electron chi connectivity index (χ1n) is 5.48. The molecule has 0 bridgehead atoms. The standard InChI is InChI=1S/C14H8Cl2O4/c15-9-3-1-2-8(6-9)14(19)20-12-5-4-10(16)7-11(12)13(17)18/h1-7H,(H,17,18). The summed E-state index contributed by atoms with van der Waals surface area (Å²) in [7, 11) is 0. The quantitative estimate of drug-likeness (QED) is 0.689. The molecule has 0 spiro atoms. The van der Waals surface area contributed by atoms with Gasteiger partial charge in [0.2, 0.25) is 0 Å². The fraction of sp³-hybridized carbons (Fsp3) is 0. The van der Waals surface area contributed by atoms with Crippen LogP contribution in [-0.4, -0.2) is 17.0 Å². The molecule has 0 amide bonds. The van der Waals surface area contributed by atoms with Crippen LogP contribution in [0.15, 0.2) is 42.5 Å². The molecule has 2 aromatic carbocycles. The zero-order chi connectivity index (χ0) is 14.7. The van der Waals surface area contributed by atoms with Crippen LogP contribution in [0.3, 0.4) is 0 Å². The summed E-state index contributed by atoms with van der Waals surface area (Å²) in [6, 6.07) is 10.1. The van der Waals surface area contributed by atoms with E-state index in [9.17, 15) is 9.59 Å². The van der Waals surface area contributed by atoms with Crippen molar-refractivity contribution in [3.05, 3.63) is 63.6 Å². The Morgan fingerprint density at radius 1 is 1.00 bits per heavy atom. The number of benzene rings is 2. The summed E-state index contributed by atoms with van der Waals surface area (Å²) in [6.07, 6.45) is 0. The smallest absolute Gasteiger partial charge is 0.343 e. The van der Waals surface area contributed by atoms with Gasteiger partial charge in [-0.25, -0.2) is 9.59 Å². The van der Waals surface area contributed by atoms with Crippen LogP contribution in [0.5, 0.6) is 5.75 Å². The molecule has 0 aromatic heterocycles. The third kappa shape index (κ3) is 3.29. The number of ether oxygens (including phenoxy) is 1. The van der Waals surface area contributed by atoms with Crippen LogP contribution in [0.4, 0.5) is 0 Å². The maximum absolute atomic E-state index is 11.9. The van der Waals surface area contributed by atoms with Gasteiger partial charge in [-0.3, -0.25) is 0 Å². The third-order valence-electron chi connectivity index (χ3n) is 2.43. The molecule has 0 aliphatic carbocycles. The number of rotatable bonds is 3. The molecule has 0 radical (unpaired) electrons. The Morgan fingerprint density at radius 3 is 2.35 bits per heavy atom. The molecule has 2 rings (SSSR count). The number of carbonyl (C=O) groups excluding carboxylic acids is 1. The van der Waals surface area contributed by atoms with Crippen molar-refractivity contribution in [2.75, 3.05) is 0 Å². The molecule has 0 saturated heterocycles. The Morgan fingerprint density at radius 2 is 1.70 bits per heavy atom. The number of aromatic carboxylic acids is 1. The lowest BCUT2D eigenvalue weighted by Gasteiger charge is -2.08. The number of carboxylic acid groups (broad SMARTS) is 1. The van der Waals surface area contributed by atoms with Gasteiger partial charge in [-0.2, -0.15) is 0 Å². The largest absolute Gasteiger partial charge is 0.478 e. The number of hydrogen-bond donors (Lipinski definition) is 1.